The Morgan fingerprint density at radius 2 is 2.17 bits per heavy atom. The molecule has 1 aromatic heterocycles. The van der Waals surface area contributed by atoms with Gasteiger partial charge in [0.2, 0.25) is 0 Å². The van der Waals surface area contributed by atoms with E-state index in [-0.39, 0.29) is 18.2 Å². The van der Waals surface area contributed by atoms with E-state index in [4.69, 9.17) is 5.11 Å². The van der Waals surface area contributed by atoms with Gasteiger partial charge in [-0.1, -0.05) is 18.2 Å². The molecule has 0 aliphatic heterocycles. The summed E-state index contributed by atoms with van der Waals surface area (Å²) in [6.45, 7) is 2.66. The van der Waals surface area contributed by atoms with Crippen molar-refractivity contribution in [3.8, 4) is 0 Å². The first kappa shape index (κ1) is 12.8. The van der Waals surface area contributed by atoms with Crippen LogP contribution in [0.2, 0.25) is 0 Å². The SMILES string of the molecule is CC(CCO)NCc1cc2ccccc2[nH]c1=O. The van der Waals surface area contributed by atoms with Crippen molar-refractivity contribution in [1.82, 2.24) is 10.3 Å². The van der Waals surface area contributed by atoms with E-state index in [1.54, 1.807) is 0 Å². The summed E-state index contributed by atoms with van der Waals surface area (Å²) in [6, 6.07) is 9.83. The molecule has 1 aromatic carbocycles. The van der Waals surface area contributed by atoms with Gasteiger partial charge in [0.15, 0.2) is 0 Å². The first-order valence-corrected chi connectivity index (χ1v) is 6.16. The Morgan fingerprint density at radius 3 is 2.94 bits per heavy atom. The normalized spacial score (nSPS) is 12.8. The number of rotatable bonds is 5. The summed E-state index contributed by atoms with van der Waals surface area (Å²) in [5.74, 6) is 0. The predicted octanol–water partition coefficient (Wildman–Crippen LogP) is 1.39. The van der Waals surface area contributed by atoms with Gasteiger partial charge in [-0.05, 0) is 30.9 Å². The lowest BCUT2D eigenvalue weighted by Gasteiger charge is -2.12. The maximum absolute atomic E-state index is 11.9. The van der Waals surface area contributed by atoms with Gasteiger partial charge in [0.25, 0.3) is 5.56 Å². The van der Waals surface area contributed by atoms with Crippen LogP contribution >= 0.6 is 0 Å². The second-order valence-electron chi connectivity index (χ2n) is 4.51. The molecule has 0 saturated heterocycles. The molecule has 4 nitrogen and oxygen atoms in total. The monoisotopic (exact) mass is 246 g/mol. The number of aliphatic hydroxyl groups excluding tert-OH is 1. The number of hydrogen-bond donors (Lipinski definition) is 3. The summed E-state index contributed by atoms with van der Waals surface area (Å²) >= 11 is 0. The van der Waals surface area contributed by atoms with Crippen molar-refractivity contribution in [2.75, 3.05) is 6.61 Å². The number of fused-ring (bicyclic) bond motifs is 1. The summed E-state index contributed by atoms with van der Waals surface area (Å²) in [4.78, 5) is 14.7. The van der Waals surface area contributed by atoms with Gasteiger partial charge in [0.1, 0.15) is 0 Å². The molecular formula is C14H18N2O2. The molecule has 1 heterocycles. The molecule has 2 aromatic rings. The molecule has 0 saturated carbocycles. The largest absolute Gasteiger partial charge is 0.396 e. The molecule has 4 heteroatoms. The Hall–Kier alpha value is -1.65. The molecule has 0 aliphatic rings. The van der Waals surface area contributed by atoms with Crippen molar-refractivity contribution in [2.45, 2.75) is 25.9 Å². The van der Waals surface area contributed by atoms with E-state index in [1.807, 2.05) is 37.3 Å². The number of H-pyrrole nitrogens is 1. The molecule has 0 aliphatic carbocycles. The predicted molar refractivity (Wildman–Crippen MR) is 72.6 cm³/mol. The molecule has 0 bridgehead atoms. The smallest absolute Gasteiger partial charge is 0.252 e. The topological polar surface area (TPSA) is 65.1 Å². The third-order valence-corrected chi connectivity index (χ3v) is 3.03. The van der Waals surface area contributed by atoms with Gasteiger partial charge in [-0.15, -0.1) is 0 Å². The summed E-state index contributed by atoms with van der Waals surface area (Å²) in [6.07, 6.45) is 0.686. The van der Waals surface area contributed by atoms with Crippen LogP contribution in [0.5, 0.6) is 0 Å². The number of aliphatic hydroxyl groups is 1. The van der Waals surface area contributed by atoms with Crippen LogP contribution in [-0.4, -0.2) is 22.7 Å². The molecular weight excluding hydrogens is 228 g/mol. The molecule has 0 amide bonds. The van der Waals surface area contributed by atoms with Crippen LogP contribution in [0.25, 0.3) is 10.9 Å². The number of hydrogen-bond acceptors (Lipinski definition) is 3. The van der Waals surface area contributed by atoms with E-state index in [0.717, 1.165) is 16.5 Å². The van der Waals surface area contributed by atoms with Gasteiger partial charge in [-0.25, -0.2) is 0 Å². The third-order valence-electron chi connectivity index (χ3n) is 3.03. The van der Waals surface area contributed by atoms with Crippen LogP contribution in [0.15, 0.2) is 35.1 Å². The zero-order valence-electron chi connectivity index (χ0n) is 10.4. The van der Waals surface area contributed by atoms with Crippen molar-refractivity contribution in [1.29, 1.82) is 0 Å². The standard InChI is InChI=1S/C14H18N2O2/c1-10(6-7-17)15-9-12-8-11-4-2-3-5-13(11)16-14(12)18/h2-5,8,10,15,17H,6-7,9H2,1H3,(H,16,18). The third kappa shape index (κ3) is 2.97. The minimum absolute atomic E-state index is 0.0580. The van der Waals surface area contributed by atoms with Crippen LogP contribution in [0.3, 0.4) is 0 Å². The van der Waals surface area contributed by atoms with Crippen LogP contribution < -0.4 is 10.9 Å². The first-order chi connectivity index (χ1) is 8.70. The summed E-state index contributed by atoms with van der Waals surface area (Å²) in [5.41, 5.74) is 1.52. The maximum atomic E-state index is 11.9. The van der Waals surface area contributed by atoms with E-state index in [2.05, 4.69) is 10.3 Å². The molecule has 18 heavy (non-hydrogen) atoms. The van der Waals surface area contributed by atoms with Crippen LogP contribution in [0.4, 0.5) is 0 Å². The molecule has 0 radical (unpaired) electrons. The van der Waals surface area contributed by atoms with Crippen molar-refractivity contribution in [3.63, 3.8) is 0 Å². The molecule has 3 N–H and O–H groups in total. The highest BCUT2D eigenvalue weighted by Gasteiger charge is 2.05. The Labute approximate surface area is 106 Å². The van der Waals surface area contributed by atoms with Crippen molar-refractivity contribution >= 4 is 10.9 Å². The molecule has 1 atom stereocenters. The van der Waals surface area contributed by atoms with Gasteiger partial charge >= 0.3 is 0 Å². The fraction of sp³-hybridized carbons (Fsp3) is 0.357. The molecule has 0 spiro atoms. The summed E-state index contributed by atoms with van der Waals surface area (Å²) in [7, 11) is 0. The Morgan fingerprint density at radius 1 is 1.39 bits per heavy atom. The lowest BCUT2D eigenvalue weighted by Crippen LogP contribution is -2.29. The minimum Gasteiger partial charge on any atom is -0.396 e. The average molecular weight is 246 g/mol. The van der Waals surface area contributed by atoms with E-state index in [0.29, 0.717) is 13.0 Å². The van der Waals surface area contributed by atoms with E-state index >= 15 is 0 Å². The molecule has 1 unspecified atom stereocenters. The van der Waals surface area contributed by atoms with Gasteiger partial charge in [-0.3, -0.25) is 4.79 Å². The van der Waals surface area contributed by atoms with Gasteiger partial charge in [-0.2, -0.15) is 0 Å². The van der Waals surface area contributed by atoms with Crippen LogP contribution in [0, 0.1) is 0 Å². The Balaban J connectivity index is 2.18. The fourth-order valence-corrected chi connectivity index (χ4v) is 1.90. The maximum Gasteiger partial charge on any atom is 0.252 e. The van der Waals surface area contributed by atoms with E-state index < -0.39 is 0 Å². The van der Waals surface area contributed by atoms with Gasteiger partial charge < -0.3 is 15.4 Å². The number of pyridine rings is 1. The van der Waals surface area contributed by atoms with E-state index in [1.165, 1.54) is 0 Å². The first-order valence-electron chi connectivity index (χ1n) is 6.16. The van der Waals surface area contributed by atoms with Gasteiger partial charge in [0.05, 0.1) is 0 Å². The fourth-order valence-electron chi connectivity index (χ4n) is 1.90. The number of aromatic amines is 1. The van der Waals surface area contributed by atoms with Crippen LogP contribution in [-0.2, 0) is 6.54 Å². The molecule has 0 fully saturated rings. The zero-order chi connectivity index (χ0) is 13.0. The second-order valence-corrected chi connectivity index (χ2v) is 4.51. The minimum atomic E-state index is -0.0580. The summed E-state index contributed by atoms with van der Waals surface area (Å²) < 4.78 is 0. The van der Waals surface area contributed by atoms with E-state index in [9.17, 15) is 4.79 Å². The Kier molecular flexibility index (Phi) is 4.12. The Bertz CT molecular complexity index is 577. The number of nitrogens with one attached hydrogen (secondary N) is 2. The highest BCUT2D eigenvalue weighted by Crippen LogP contribution is 2.10. The van der Waals surface area contributed by atoms with Crippen LogP contribution in [0.1, 0.15) is 18.9 Å². The highest BCUT2D eigenvalue weighted by atomic mass is 16.3. The van der Waals surface area contributed by atoms with Crippen molar-refractivity contribution < 1.29 is 5.11 Å². The summed E-state index contributed by atoms with van der Waals surface area (Å²) in [5, 5.41) is 13.1. The molecule has 2 rings (SSSR count). The average Bonchev–Trinajstić information content (AvgIpc) is 2.36. The highest BCUT2D eigenvalue weighted by molar-refractivity contribution is 5.78. The number of para-hydroxylation sites is 1. The van der Waals surface area contributed by atoms with Crippen molar-refractivity contribution in [3.05, 3.63) is 46.2 Å². The lowest BCUT2D eigenvalue weighted by atomic mass is 10.1. The lowest BCUT2D eigenvalue weighted by molar-refractivity contribution is 0.268. The zero-order valence-corrected chi connectivity index (χ0v) is 10.4. The van der Waals surface area contributed by atoms with Gasteiger partial charge in [0, 0.05) is 30.3 Å². The second kappa shape index (κ2) is 5.80. The van der Waals surface area contributed by atoms with Crippen molar-refractivity contribution in [2.24, 2.45) is 0 Å². The number of benzene rings is 1. The number of aromatic nitrogens is 1. The molecule has 96 valence electrons. The quantitative estimate of drug-likeness (QED) is 0.747.